The van der Waals surface area contributed by atoms with E-state index in [0.29, 0.717) is 19.1 Å². The lowest BCUT2D eigenvalue weighted by Crippen LogP contribution is -2.12. The summed E-state index contributed by atoms with van der Waals surface area (Å²) in [7, 11) is 0. The molecule has 0 bridgehead atoms. The van der Waals surface area contributed by atoms with Crippen molar-refractivity contribution >= 4 is 6.08 Å². The van der Waals surface area contributed by atoms with Gasteiger partial charge >= 0.3 is 0 Å². The Morgan fingerprint density at radius 3 is 1.85 bits per heavy atom. The molecule has 0 unspecified atom stereocenters. The fourth-order valence-electron chi connectivity index (χ4n) is 4.06. The van der Waals surface area contributed by atoms with Crippen LogP contribution in [0.25, 0.3) is 6.08 Å². The van der Waals surface area contributed by atoms with Crippen molar-refractivity contribution < 1.29 is 4.74 Å². The van der Waals surface area contributed by atoms with Crippen LogP contribution in [0.5, 0.6) is 0 Å². The van der Waals surface area contributed by atoms with Gasteiger partial charge < -0.3 is 4.74 Å². The van der Waals surface area contributed by atoms with E-state index < -0.39 is 0 Å². The van der Waals surface area contributed by atoms with E-state index in [4.69, 9.17) is 4.74 Å². The van der Waals surface area contributed by atoms with Crippen molar-refractivity contribution in [2.75, 3.05) is 6.61 Å². The van der Waals surface area contributed by atoms with Crippen LogP contribution in [0.15, 0.2) is 66.8 Å². The Labute approximate surface area is 164 Å². The highest BCUT2D eigenvalue weighted by molar-refractivity contribution is 5.49. The van der Waals surface area contributed by atoms with Crippen LogP contribution in [0, 0.1) is 0 Å². The Hall–Kier alpha value is -2.12. The number of hydrogen-bond acceptors (Lipinski definition) is 1. The average Bonchev–Trinajstić information content (AvgIpc) is 2.73. The molecule has 1 fully saturated rings. The van der Waals surface area contributed by atoms with Crippen LogP contribution in [-0.2, 0) is 11.3 Å². The number of benzene rings is 2. The van der Waals surface area contributed by atoms with Crippen molar-refractivity contribution in [3.05, 3.63) is 89.0 Å². The molecule has 0 spiro atoms. The molecule has 0 N–H and O–H groups in total. The van der Waals surface area contributed by atoms with Gasteiger partial charge in [-0.15, -0.1) is 0 Å². The smallest absolute Gasteiger partial charge is 0.0721 e. The molecule has 1 heteroatoms. The molecule has 27 heavy (non-hydrogen) atoms. The van der Waals surface area contributed by atoms with Gasteiger partial charge in [-0.25, -0.2) is 0 Å². The molecule has 2 aromatic carbocycles. The van der Waals surface area contributed by atoms with Crippen molar-refractivity contribution in [3.63, 3.8) is 0 Å². The molecule has 0 radical (unpaired) electrons. The van der Waals surface area contributed by atoms with E-state index in [-0.39, 0.29) is 0 Å². The summed E-state index contributed by atoms with van der Waals surface area (Å²) in [6.45, 7) is 5.48. The molecule has 1 aliphatic rings. The summed E-state index contributed by atoms with van der Waals surface area (Å²) >= 11 is 0. The van der Waals surface area contributed by atoms with E-state index in [9.17, 15) is 0 Å². The SMILES string of the molecule is CC=CCOCc1ccc(C2CCC(c3ccc(/C=C/C)cc3)CC2)cc1. The van der Waals surface area contributed by atoms with Crippen LogP contribution in [0.4, 0.5) is 0 Å². The highest BCUT2D eigenvalue weighted by Gasteiger charge is 2.23. The minimum absolute atomic E-state index is 0.692. The second-order valence-corrected chi connectivity index (χ2v) is 7.54. The molecule has 0 aliphatic heterocycles. The normalized spacial score (nSPS) is 20.5. The third kappa shape index (κ3) is 5.68. The number of allylic oxidation sites excluding steroid dienone is 2. The lowest BCUT2D eigenvalue weighted by Gasteiger charge is -2.29. The zero-order valence-corrected chi connectivity index (χ0v) is 16.7. The van der Waals surface area contributed by atoms with Crippen molar-refractivity contribution in [2.24, 2.45) is 0 Å². The maximum atomic E-state index is 5.64. The minimum atomic E-state index is 0.692. The van der Waals surface area contributed by atoms with Gasteiger partial charge in [-0.2, -0.15) is 0 Å². The van der Waals surface area contributed by atoms with Gasteiger partial charge in [0.05, 0.1) is 13.2 Å². The zero-order chi connectivity index (χ0) is 18.9. The summed E-state index contributed by atoms with van der Waals surface area (Å²) in [5, 5.41) is 0. The molecular weight excluding hydrogens is 328 g/mol. The highest BCUT2D eigenvalue weighted by Crippen LogP contribution is 2.40. The minimum Gasteiger partial charge on any atom is -0.373 e. The van der Waals surface area contributed by atoms with Crippen LogP contribution in [0.2, 0.25) is 0 Å². The van der Waals surface area contributed by atoms with E-state index >= 15 is 0 Å². The Morgan fingerprint density at radius 1 is 0.778 bits per heavy atom. The predicted octanol–water partition coefficient (Wildman–Crippen LogP) is 7.25. The van der Waals surface area contributed by atoms with Crippen LogP contribution in [-0.4, -0.2) is 6.61 Å². The maximum absolute atomic E-state index is 5.64. The molecule has 0 atom stereocenters. The second kappa shape index (κ2) is 10.3. The first kappa shape index (κ1) is 19.6. The van der Waals surface area contributed by atoms with Gasteiger partial charge in [-0.05, 0) is 73.6 Å². The second-order valence-electron chi connectivity index (χ2n) is 7.54. The van der Waals surface area contributed by atoms with Crippen LogP contribution >= 0.6 is 0 Å². The molecule has 0 aromatic heterocycles. The van der Waals surface area contributed by atoms with E-state index in [2.05, 4.69) is 67.6 Å². The summed E-state index contributed by atoms with van der Waals surface area (Å²) in [6.07, 6.45) is 13.5. The van der Waals surface area contributed by atoms with Gasteiger partial charge in [0.1, 0.15) is 0 Å². The largest absolute Gasteiger partial charge is 0.373 e. The number of ether oxygens (including phenoxy) is 1. The Bertz CT molecular complexity index is 729. The fourth-order valence-corrected chi connectivity index (χ4v) is 4.06. The van der Waals surface area contributed by atoms with E-state index in [0.717, 1.165) is 5.92 Å². The van der Waals surface area contributed by atoms with E-state index in [1.807, 2.05) is 19.1 Å². The lowest BCUT2D eigenvalue weighted by molar-refractivity contribution is 0.148. The van der Waals surface area contributed by atoms with Gasteiger partial charge in [0.2, 0.25) is 0 Å². The Morgan fingerprint density at radius 2 is 1.33 bits per heavy atom. The summed E-state index contributed by atoms with van der Waals surface area (Å²) in [6, 6.07) is 18.2. The third-order valence-corrected chi connectivity index (χ3v) is 5.66. The summed E-state index contributed by atoms with van der Waals surface area (Å²) in [5.74, 6) is 1.43. The van der Waals surface area contributed by atoms with Crippen LogP contribution < -0.4 is 0 Å². The number of rotatable bonds is 7. The average molecular weight is 361 g/mol. The molecule has 142 valence electrons. The molecule has 1 saturated carbocycles. The quantitative estimate of drug-likeness (QED) is 0.373. The van der Waals surface area contributed by atoms with Gasteiger partial charge in [0, 0.05) is 0 Å². The monoisotopic (exact) mass is 360 g/mol. The van der Waals surface area contributed by atoms with Crippen molar-refractivity contribution in [3.8, 4) is 0 Å². The third-order valence-electron chi connectivity index (χ3n) is 5.66. The molecule has 1 aliphatic carbocycles. The van der Waals surface area contributed by atoms with Crippen molar-refractivity contribution in [2.45, 2.75) is 58.0 Å². The van der Waals surface area contributed by atoms with E-state index in [1.54, 1.807) is 0 Å². The number of hydrogen-bond donors (Lipinski definition) is 0. The molecule has 1 nitrogen and oxygen atoms in total. The van der Waals surface area contributed by atoms with E-state index in [1.165, 1.54) is 47.9 Å². The summed E-state index contributed by atoms with van der Waals surface area (Å²) in [5.41, 5.74) is 5.56. The Kier molecular flexibility index (Phi) is 7.47. The molecule has 0 heterocycles. The van der Waals surface area contributed by atoms with Gasteiger partial charge in [-0.3, -0.25) is 0 Å². The van der Waals surface area contributed by atoms with Gasteiger partial charge in [-0.1, -0.05) is 72.8 Å². The van der Waals surface area contributed by atoms with Gasteiger partial charge in [0.25, 0.3) is 0 Å². The molecular formula is C26H32O. The van der Waals surface area contributed by atoms with Crippen LogP contribution in [0.1, 0.15) is 73.6 Å². The van der Waals surface area contributed by atoms with Crippen molar-refractivity contribution in [1.82, 2.24) is 0 Å². The van der Waals surface area contributed by atoms with Crippen molar-refractivity contribution in [1.29, 1.82) is 0 Å². The molecule has 0 saturated heterocycles. The standard InChI is InChI=1S/C26H32O/c1-3-5-19-27-20-22-9-13-24(14-10-22)26-17-15-25(16-18-26)23-11-7-21(6-4-2)8-12-23/h3-14,25-26H,15-20H2,1-2H3/b5-3?,6-4+. The maximum Gasteiger partial charge on any atom is 0.0721 e. The molecule has 0 amide bonds. The summed E-state index contributed by atoms with van der Waals surface area (Å²) in [4.78, 5) is 0. The fraction of sp³-hybridized carbons (Fsp3) is 0.385. The highest BCUT2D eigenvalue weighted by atomic mass is 16.5. The first-order valence-electron chi connectivity index (χ1n) is 10.3. The topological polar surface area (TPSA) is 9.23 Å². The zero-order valence-electron chi connectivity index (χ0n) is 16.7. The summed E-state index contributed by atoms with van der Waals surface area (Å²) < 4.78 is 5.64. The van der Waals surface area contributed by atoms with Crippen LogP contribution in [0.3, 0.4) is 0 Å². The molecule has 3 rings (SSSR count). The molecule has 2 aromatic rings. The van der Waals surface area contributed by atoms with Gasteiger partial charge in [0.15, 0.2) is 0 Å². The first-order valence-corrected chi connectivity index (χ1v) is 10.3. The lowest BCUT2D eigenvalue weighted by atomic mass is 9.76. The first-order chi connectivity index (χ1) is 13.3. The predicted molar refractivity (Wildman–Crippen MR) is 116 cm³/mol. The Balaban J connectivity index is 1.51.